The molecule has 0 saturated carbocycles. The van der Waals surface area contributed by atoms with E-state index in [1.807, 2.05) is 5.41 Å². The van der Waals surface area contributed by atoms with Gasteiger partial charge >= 0.3 is 0 Å². The molecule has 1 rings (SSSR count). The third kappa shape index (κ3) is 10.5. The fourth-order valence-corrected chi connectivity index (χ4v) is 5.39. The van der Waals surface area contributed by atoms with Gasteiger partial charge in [0.05, 0.1) is 0 Å². The molecule has 0 heterocycles. The summed E-state index contributed by atoms with van der Waals surface area (Å²) in [7, 11) is 5.70. The topological polar surface area (TPSA) is 0 Å². The number of halogens is 1. The Hall–Kier alpha value is -0.400. The zero-order valence-electron chi connectivity index (χ0n) is 15.6. The van der Waals surface area contributed by atoms with Crippen LogP contribution in [-0.2, 0) is 6.42 Å². The van der Waals surface area contributed by atoms with Gasteiger partial charge in [-0.05, 0) is 35.3 Å². The van der Waals surface area contributed by atoms with Crippen molar-refractivity contribution in [3.05, 3.63) is 47.9 Å². The highest BCUT2D eigenvalue weighted by Gasteiger charge is 2.16. The van der Waals surface area contributed by atoms with E-state index in [4.69, 9.17) is 10.7 Å². The van der Waals surface area contributed by atoms with E-state index in [2.05, 4.69) is 43.8 Å². The second-order valence-corrected chi connectivity index (χ2v) is 11.5. The molecule has 0 fully saturated rings. The van der Waals surface area contributed by atoms with E-state index < -0.39 is 9.24 Å². The number of hydrogen-bond donors (Lipinski definition) is 0. The first-order chi connectivity index (χ1) is 11.7. The molecule has 1 atom stereocenters. The molecule has 0 nitrogen and oxygen atoms in total. The molecule has 138 valence electrons. The molecular weight excluding hydrogens is 332 g/mol. The molecule has 1 unspecified atom stereocenters. The average molecular weight is 369 g/mol. The highest BCUT2D eigenvalue weighted by Crippen LogP contribution is 2.55. The van der Waals surface area contributed by atoms with E-state index in [0.29, 0.717) is 0 Å². The van der Waals surface area contributed by atoms with E-state index in [-0.39, 0.29) is 0 Å². The summed E-state index contributed by atoms with van der Waals surface area (Å²) in [5, 5.41) is 2.05. The van der Waals surface area contributed by atoms with E-state index in [9.17, 15) is 0 Å². The minimum Gasteiger partial charge on any atom is -0.143 e. The quantitative estimate of drug-likeness (QED) is 0.273. The van der Waals surface area contributed by atoms with Crippen LogP contribution in [0, 0.1) is 0 Å². The Labute approximate surface area is 156 Å². The lowest BCUT2D eigenvalue weighted by Crippen LogP contribution is -2.03. The molecule has 1 aromatic carbocycles. The summed E-state index contributed by atoms with van der Waals surface area (Å²) in [5.74, 6) is 2.21. The maximum atomic E-state index is 6.85. The summed E-state index contributed by atoms with van der Waals surface area (Å²) in [4.78, 5) is 0. The first-order valence-electron chi connectivity index (χ1n) is 9.85. The Bertz CT molecular complexity index is 417. The molecule has 0 aliphatic carbocycles. The Morgan fingerprint density at radius 3 is 1.92 bits per heavy atom. The van der Waals surface area contributed by atoms with Gasteiger partial charge in [-0.25, -0.2) is 0 Å². The van der Waals surface area contributed by atoms with E-state index >= 15 is 0 Å². The largest absolute Gasteiger partial charge is 0.143 e. The van der Waals surface area contributed by atoms with Gasteiger partial charge in [-0.15, -0.1) is 9.24 Å². The lowest BCUT2D eigenvalue weighted by atomic mass is 10.1. The van der Waals surface area contributed by atoms with Crippen LogP contribution < -0.4 is 0 Å². The summed E-state index contributed by atoms with van der Waals surface area (Å²) in [6.45, 7) is 6.29. The third-order valence-electron chi connectivity index (χ3n) is 4.71. The van der Waals surface area contributed by atoms with Gasteiger partial charge in [0.1, 0.15) is 0 Å². The van der Waals surface area contributed by atoms with Crippen molar-refractivity contribution >= 4 is 19.9 Å². The second-order valence-electron chi connectivity index (χ2n) is 6.84. The van der Waals surface area contributed by atoms with E-state index in [0.717, 1.165) is 17.9 Å². The summed E-state index contributed by atoms with van der Waals surface area (Å²) in [5.41, 5.74) is 1.39. The summed E-state index contributed by atoms with van der Waals surface area (Å²) < 4.78 is 0. The van der Waals surface area contributed by atoms with Crippen LogP contribution in [0.4, 0.5) is 0 Å². The van der Waals surface area contributed by atoms with Crippen LogP contribution in [-0.4, -0.2) is 11.5 Å². The number of unbranched alkanes of at least 4 members (excludes halogenated alkanes) is 9. The summed E-state index contributed by atoms with van der Waals surface area (Å²) in [6.07, 6.45) is 14.9. The number of rotatable bonds is 15. The van der Waals surface area contributed by atoms with Crippen molar-refractivity contribution in [2.75, 3.05) is 11.5 Å². The molecule has 0 amide bonds. The van der Waals surface area contributed by atoms with Crippen LogP contribution >= 0.6 is 19.9 Å². The van der Waals surface area contributed by atoms with Crippen molar-refractivity contribution in [1.29, 1.82) is 0 Å². The normalized spacial score (nSPS) is 14.9. The van der Waals surface area contributed by atoms with Gasteiger partial charge < -0.3 is 0 Å². The smallest absolute Gasteiger partial charge is 0.00247 e. The SMILES string of the molecule is C=CS(Cl)(CCCCCCCCCCCC)CCc1ccccc1. The maximum absolute atomic E-state index is 6.85. The summed E-state index contributed by atoms with van der Waals surface area (Å²) >= 11 is 0. The van der Waals surface area contributed by atoms with Crippen LogP contribution in [0.3, 0.4) is 0 Å². The zero-order valence-corrected chi connectivity index (χ0v) is 17.2. The molecule has 24 heavy (non-hydrogen) atoms. The van der Waals surface area contributed by atoms with Crippen LogP contribution in [0.15, 0.2) is 42.3 Å². The van der Waals surface area contributed by atoms with Crippen LogP contribution in [0.25, 0.3) is 0 Å². The van der Waals surface area contributed by atoms with Crippen molar-refractivity contribution in [2.24, 2.45) is 0 Å². The van der Waals surface area contributed by atoms with Gasteiger partial charge in [0.25, 0.3) is 0 Å². The molecule has 0 aromatic heterocycles. The maximum Gasteiger partial charge on any atom is -0.00247 e. The van der Waals surface area contributed by atoms with Crippen LogP contribution in [0.1, 0.15) is 76.7 Å². The Morgan fingerprint density at radius 1 is 0.833 bits per heavy atom. The van der Waals surface area contributed by atoms with Crippen molar-refractivity contribution < 1.29 is 0 Å². The molecular formula is C22H37ClS. The van der Waals surface area contributed by atoms with Gasteiger partial charge in [-0.3, -0.25) is 0 Å². The lowest BCUT2D eigenvalue weighted by Gasteiger charge is -2.29. The van der Waals surface area contributed by atoms with Gasteiger partial charge in [0.2, 0.25) is 0 Å². The molecule has 0 radical (unpaired) electrons. The number of aryl methyl sites for hydroxylation is 1. The Kier molecular flexibility index (Phi) is 12.5. The van der Waals surface area contributed by atoms with E-state index in [1.54, 1.807) is 0 Å². The zero-order chi connectivity index (χ0) is 17.5. The van der Waals surface area contributed by atoms with Crippen molar-refractivity contribution in [2.45, 2.75) is 77.6 Å². The molecule has 0 bridgehead atoms. The first-order valence-corrected chi connectivity index (χ1v) is 12.7. The van der Waals surface area contributed by atoms with Gasteiger partial charge in [-0.1, -0.05) is 112 Å². The van der Waals surface area contributed by atoms with E-state index in [1.165, 1.54) is 69.8 Å². The van der Waals surface area contributed by atoms with Crippen LogP contribution in [0.5, 0.6) is 0 Å². The minimum absolute atomic E-state index is 1.07. The Morgan fingerprint density at radius 2 is 1.38 bits per heavy atom. The predicted octanol–water partition coefficient (Wildman–Crippen LogP) is 8.25. The molecule has 0 saturated heterocycles. The molecule has 1 aromatic rings. The third-order valence-corrected chi connectivity index (χ3v) is 8.46. The van der Waals surface area contributed by atoms with Crippen molar-refractivity contribution in [3.8, 4) is 0 Å². The van der Waals surface area contributed by atoms with Crippen molar-refractivity contribution in [3.63, 3.8) is 0 Å². The molecule has 0 aliphatic heterocycles. The molecule has 0 spiro atoms. The predicted molar refractivity (Wildman–Crippen MR) is 115 cm³/mol. The average Bonchev–Trinajstić information content (AvgIpc) is 2.62. The summed E-state index contributed by atoms with van der Waals surface area (Å²) in [6, 6.07) is 10.7. The Balaban J connectivity index is 2.07. The second kappa shape index (κ2) is 13.8. The van der Waals surface area contributed by atoms with Crippen LogP contribution in [0.2, 0.25) is 0 Å². The highest BCUT2D eigenvalue weighted by molar-refractivity contribution is 8.53. The highest BCUT2D eigenvalue weighted by atomic mass is 35.7. The van der Waals surface area contributed by atoms with Gasteiger partial charge in [0.15, 0.2) is 0 Å². The van der Waals surface area contributed by atoms with Gasteiger partial charge in [0, 0.05) is 0 Å². The number of hydrogen-bond acceptors (Lipinski definition) is 0. The number of benzene rings is 1. The molecule has 0 N–H and O–H groups in total. The monoisotopic (exact) mass is 368 g/mol. The first kappa shape index (κ1) is 21.6. The lowest BCUT2D eigenvalue weighted by molar-refractivity contribution is 0.563. The van der Waals surface area contributed by atoms with Gasteiger partial charge in [-0.2, -0.15) is 0 Å². The molecule has 2 heteroatoms. The molecule has 0 aliphatic rings. The minimum atomic E-state index is -1.15. The standard InChI is InChI=1S/C22H37ClS/c1-3-5-6-7-8-9-10-11-12-16-20-24(23,4-2)21-19-22-17-14-13-15-18-22/h4,13-15,17-18H,2-3,5-12,16,19-21H2,1H3. The fourth-order valence-electron chi connectivity index (χ4n) is 3.03. The van der Waals surface area contributed by atoms with Crippen molar-refractivity contribution in [1.82, 2.24) is 0 Å². The fraction of sp³-hybridized carbons (Fsp3) is 0.636.